The summed E-state index contributed by atoms with van der Waals surface area (Å²) in [6.45, 7) is 10.0. The van der Waals surface area contributed by atoms with E-state index in [1.165, 1.54) is 0 Å². The van der Waals surface area contributed by atoms with E-state index < -0.39 is 0 Å². The van der Waals surface area contributed by atoms with Crippen LogP contribution in [0.25, 0.3) is 6.08 Å². The molecular formula is C13H18BrNO. The lowest BCUT2D eigenvalue weighted by Crippen LogP contribution is -1.96. The molecule has 0 aliphatic heterocycles. The number of hydrogen-bond donors (Lipinski definition) is 0. The predicted octanol–water partition coefficient (Wildman–Crippen LogP) is 4.47. The lowest BCUT2D eigenvalue weighted by atomic mass is 10.3. The lowest BCUT2D eigenvalue weighted by Gasteiger charge is -2.06. The molecule has 0 N–H and O–H groups in total. The molecule has 1 aromatic heterocycles. The Balaban J connectivity index is 0.00000106. The van der Waals surface area contributed by atoms with E-state index in [1.54, 1.807) is 12.3 Å². The first-order valence-corrected chi connectivity index (χ1v) is 6.09. The molecule has 0 saturated carbocycles. The second-order valence-corrected chi connectivity index (χ2v) is 3.55. The molecule has 0 amide bonds. The summed E-state index contributed by atoms with van der Waals surface area (Å²) in [6.07, 6.45) is 7.29. The largest absolute Gasteiger partial charge is 0.487 e. The molecular weight excluding hydrogens is 266 g/mol. The van der Waals surface area contributed by atoms with E-state index in [9.17, 15) is 0 Å². The number of allylic oxidation sites excluding steroid dienone is 1. The van der Waals surface area contributed by atoms with E-state index in [0.717, 1.165) is 15.9 Å². The average molecular weight is 284 g/mol. The first kappa shape index (κ1) is 14.9. The van der Waals surface area contributed by atoms with Gasteiger partial charge in [0.15, 0.2) is 0 Å². The molecule has 1 rings (SSSR count). The van der Waals surface area contributed by atoms with Gasteiger partial charge in [-0.05, 0) is 35.0 Å². The summed E-state index contributed by atoms with van der Waals surface area (Å²) in [7, 11) is 0. The fourth-order valence-electron chi connectivity index (χ4n) is 0.979. The van der Waals surface area contributed by atoms with Crippen molar-refractivity contribution in [2.24, 2.45) is 0 Å². The minimum absolute atomic E-state index is 0.489. The molecule has 0 bridgehead atoms. The minimum atomic E-state index is 0.489. The normalized spacial score (nSPS) is 9.50. The summed E-state index contributed by atoms with van der Waals surface area (Å²) in [5.74, 6) is 0.761. The Morgan fingerprint density at radius 1 is 1.50 bits per heavy atom. The van der Waals surface area contributed by atoms with Gasteiger partial charge < -0.3 is 4.74 Å². The van der Waals surface area contributed by atoms with Gasteiger partial charge in [-0.3, -0.25) is 4.98 Å². The highest BCUT2D eigenvalue weighted by Gasteiger charge is 2.02. The molecule has 1 aromatic rings. The molecule has 0 radical (unpaired) electrons. The Hall–Kier alpha value is -1.09. The van der Waals surface area contributed by atoms with Crippen molar-refractivity contribution >= 4 is 22.0 Å². The number of ether oxygens (including phenoxy) is 1. The number of pyridine rings is 1. The average Bonchev–Trinajstić information content (AvgIpc) is 2.32. The highest BCUT2D eigenvalue weighted by Crippen LogP contribution is 2.22. The highest BCUT2D eigenvalue weighted by molar-refractivity contribution is 9.10. The van der Waals surface area contributed by atoms with E-state index in [0.29, 0.717) is 6.61 Å². The molecule has 0 aliphatic rings. The van der Waals surface area contributed by atoms with Crippen molar-refractivity contribution in [2.75, 3.05) is 6.61 Å². The van der Waals surface area contributed by atoms with Gasteiger partial charge in [0.1, 0.15) is 18.1 Å². The van der Waals surface area contributed by atoms with E-state index >= 15 is 0 Å². The molecule has 0 saturated heterocycles. The van der Waals surface area contributed by atoms with Gasteiger partial charge in [0.05, 0.1) is 0 Å². The van der Waals surface area contributed by atoms with Crippen LogP contribution < -0.4 is 4.74 Å². The van der Waals surface area contributed by atoms with Gasteiger partial charge in [0.2, 0.25) is 0 Å². The van der Waals surface area contributed by atoms with Gasteiger partial charge in [-0.2, -0.15) is 0 Å². The number of hydrogen-bond acceptors (Lipinski definition) is 2. The fraction of sp³-hybridized carbons (Fsp3) is 0.308. The first-order valence-electron chi connectivity index (χ1n) is 5.30. The van der Waals surface area contributed by atoms with Crippen LogP contribution in [0, 0.1) is 0 Å². The molecule has 0 atom stereocenters. The van der Waals surface area contributed by atoms with Crippen molar-refractivity contribution in [3.8, 4) is 5.75 Å². The van der Waals surface area contributed by atoms with E-state index in [2.05, 4.69) is 27.5 Å². The fourth-order valence-corrected chi connectivity index (χ4v) is 1.29. The van der Waals surface area contributed by atoms with Crippen LogP contribution in [-0.2, 0) is 0 Å². The number of nitrogens with zero attached hydrogens (tertiary/aromatic N) is 1. The zero-order valence-corrected chi connectivity index (χ0v) is 11.6. The standard InChI is InChI=1S/C11H12BrNO.C2H6/c1-3-5-10-11(14-6-4-2)7-9(12)8-13-10;1-2/h3-5,7-8H,2,6H2,1H3;1-2H3/b5-3-;. The van der Waals surface area contributed by atoms with Crippen LogP contribution in [0.2, 0.25) is 0 Å². The third kappa shape index (κ3) is 5.12. The number of halogens is 1. The number of rotatable bonds is 4. The number of aromatic nitrogens is 1. The summed E-state index contributed by atoms with van der Waals surface area (Å²) in [6, 6.07) is 1.89. The van der Waals surface area contributed by atoms with Crippen molar-refractivity contribution in [3.63, 3.8) is 0 Å². The van der Waals surface area contributed by atoms with Gasteiger partial charge in [-0.15, -0.1) is 0 Å². The molecule has 0 spiro atoms. The van der Waals surface area contributed by atoms with Crippen molar-refractivity contribution < 1.29 is 4.74 Å². The van der Waals surface area contributed by atoms with Crippen molar-refractivity contribution in [3.05, 3.63) is 41.2 Å². The van der Waals surface area contributed by atoms with Gasteiger partial charge in [0.25, 0.3) is 0 Å². The van der Waals surface area contributed by atoms with Crippen molar-refractivity contribution in [2.45, 2.75) is 20.8 Å². The molecule has 88 valence electrons. The van der Waals surface area contributed by atoms with Crippen LogP contribution >= 0.6 is 15.9 Å². The van der Waals surface area contributed by atoms with Crippen molar-refractivity contribution in [1.82, 2.24) is 4.98 Å². The van der Waals surface area contributed by atoms with Crippen LogP contribution in [-0.4, -0.2) is 11.6 Å². The maximum Gasteiger partial charge on any atom is 0.146 e. The van der Waals surface area contributed by atoms with Crippen LogP contribution in [0.4, 0.5) is 0 Å². The minimum Gasteiger partial charge on any atom is -0.487 e. The zero-order chi connectivity index (χ0) is 12.4. The second-order valence-electron chi connectivity index (χ2n) is 2.64. The Morgan fingerprint density at radius 3 is 2.75 bits per heavy atom. The van der Waals surface area contributed by atoms with Gasteiger partial charge in [-0.1, -0.05) is 32.6 Å². The van der Waals surface area contributed by atoms with Crippen molar-refractivity contribution in [1.29, 1.82) is 0 Å². The molecule has 3 heteroatoms. The van der Waals surface area contributed by atoms with Gasteiger partial charge in [-0.25, -0.2) is 0 Å². The maximum absolute atomic E-state index is 5.46. The smallest absolute Gasteiger partial charge is 0.146 e. The van der Waals surface area contributed by atoms with E-state index in [4.69, 9.17) is 4.74 Å². The molecule has 0 aromatic carbocycles. The van der Waals surface area contributed by atoms with Crippen LogP contribution in [0.1, 0.15) is 26.5 Å². The highest BCUT2D eigenvalue weighted by atomic mass is 79.9. The third-order valence-electron chi connectivity index (χ3n) is 1.53. The zero-order valence-electron chi connectivity index (χ0n) is 10.0. The Kier molecular flexibility index (Phi) is 8.53. The SMILES string of the molecule is C=CCOc1cc(Br)cnc1/C=C\C.CC. The molecule has 1 heterocycles. The third-order valence-corrected chi connectivity index (χ3v) is 1.96. The predicted molar refractivity (Wildman–Crippen MR) is 73.7 cm³/mol. The summed E-state index contributed by atoms with van der Waals surface area (Å²) in [5, 5.41) is 0. The van der Waals surface area contributed by atoms with E-state index in [-0.39, 0.29) is 0 Å². The summed E-state index contributed by atoms with van der Waals surface area (Å²) < 4.78 is 6.37. The molecule has 2 nitrogen and oxygen atoms in total. The Labute approximate surface area is 106 Å². The maximum atomic E-state index is 5.46. The Morgan fingerprint density at radius 2 is 2.19 bits per heavy atom. The first-order chi connectivity index (χ1) is 7.77. The second kappa shape index (κ2) is 9.16. The van der Waals surface area contributed by atoms with E-state index in [1.807, 2.05) is 39.0 Å². The van der Waals surface area contributed by atoms with Gasteiger partial charge in [0, 0.05) is 10.7 Å². The van der Waals surface area contributed by atoms with Crippen LogP contribution in [0.5, 0.6) is 5.75 Å². The van der Waals surface area contributed by atoms with Gasteiger partial charge >= 0.3 is 0 Å². The van der Waals surface area contributed by atoms with Crippen LogP contribution in [0.15, 0.2) is 35.5 Å². The summed E-state index contributed by atoms with van der Waals surface area (Å²) in [5.41, 5.74) is 0.831. The monoisotopic (exact) mass is 283 g/mol. The molecule has 16 heavy (non-hydrogen) atoms. The molecule has 0 aliphatic carbocycles. The molecule has 0 fully saturated rings. The summed E-state index contributed by atoms with van der Waals surface area (Å²) >= 11 is 3.35. The molecule has 0 unspecified atom stereocenters. The summed E-state index contributed by atoms with van der Waals surface area (Å²) in [4.78, 5) is 4.23. The quantitative estimate of drug-likeness (QED) is 0.761. The Bertz CT molecular complexity index is 348. The van der Waals surface area contributed by atoms with Crippen LogP contribution in [0.3, 0.4) is 0 Å². The topological polar surface area (TPSA) is 22.1 Å². The lowest BCUT2D eigenvalue weighted by molar-refractivity contribution is 0.360.